The molecule has 0 bridgehead atoms. The van der Waals surface area contributed by atoms with E-state index < -0.39 is 0 Å². The highest BCUT2D eigenvalue weighted by Crippen LogP contribution is 2.47. The van der Waals surface area contributed by atoms with Crippen LogP contribution in [0.2, 0.25) is 0 Å². The number of benzene rings is 1. The van der Waals surface area contributed by atoms with E-state index >= 15 is 0 Å². The molecule has 0 aromatic heterocycles. The van der Waals surface area contributed by atoms with Crippen LogP contribution >= 0.6 is 15.9 Å². The summed E-state index contributed by atoms with van der Waals surface area (Å²) >= 11 is 3.45. The summed E-state index contributed by atoms with van der Waals surface area (Å²) in [7, 11) is 1.94. The third-order valence-corrected chi connectivity index (χ3v) is 5.09. The molecule has 19 heavy (non-hydrogen) atoms. The van der Waals surface area contributed by atoms with Crippen LogP contribution in [-0.4, -0.2) is 7.05 Å². The molecule has 0 amide bonds. The van der Waals surface area contributed by atoms with Gasteiger partial charge in [-0.25, -0.2) is 4.39 Å². The standard InChI is InChI=1S/C16H23BrFN/c1-16(2)9-5-4-6-13(16)15(19-3)12-10-11(17)7-8-14(12)18/h7-8,10,13,15,19H,4-6,9H2,1-3H3. The molecule has 1 aliphatic carbocycles. The number of hydrogen-bond donors (Lipinski definition) is 1. The Bertz CT molecular complexity index is 444. The minimum Gasteiger partial charge on any atom is -0.313 e. The Balaban J connectivity index is 2.35. The smallest absolute Gasteiger partial charge is 0.128 e. The first-order valence-electron chi connectivity index (χ1n) is 7.08. The van der Waals surface area contributed by atoms with Crippen molar-refractivity contribution in [3.8, 4) is 0 Å². The molecule has 106 valence electrons. The Labute approximate surface area is 124 Å². The van der Waals surface area contributed by atoms with Crippen LogP contribution in [0.4, 0.5) is 4.39 Å². The van der Waals surface area contributed by atoms with Gasteiger partial charge in [0.2, 0.25) is 0 Å². The zero-order chi connectivity index (χ0) is 14.0. The van der Waals surface area contributed by atoms with Gasteiger partial charge >= 0.3 is 0 Å². The predicted molar refractivity (Wildman–Crippen MR) is 81.6 cm³/mol. The van der Waals surface area contributed by atoms with E-state index in [1.54, 1.807) is 12.1 Å². The van der Waals surface area contributed by atoms with Gasteiger partial charge in [0.15, 0.2) is 0 Å². The highest BCUT2D eigenvalue weighted by molar-refractivity contribution is 9.10. The normalized spacial score (nSPS) is 24.2. The van der Waals surface area contributed by atoms with Crippen molar-refractivity contribution < 1.29 is 4.39 Å². The summed E-state index contributed by atoms with van der Waals surface area (Å²) in [5.41, 5.74) is 1.05. The second-order valence-corrected chi connectivity index (χ2v) is 7.19. The molecular weight excluding hydrogens is 305 g/mol. The average Bonchev–Trinajstić information content (AvgIpc) is 2.36. The molecule has 0 heterocycles. The summed E-state index contributed by atoms with van der Waals surface area (Å²) in [5, 5.41) is 3.35. The van der Waals surface area contributed by atoms with Gasteiger partial charge < -0.3 is 5.32 Å². The number of nitrogens with one attached hydrogen (secondary N) is 1. The van der Waals surface area contributed by atoms with Crippen LogP contribution in [0, 0.1) is 17.2 Å². The van der Waals surface area contributed by atoms with Gasteiger partial charge in [-0.3, -0.25) is 0 Å². The minimum atomic E-state index is -0.107. The molecule has 1 aliphatic rings. The van der Waals surface area contributed by atoms with E-state index in [2.05, 4.69) is 35.1 Å². The fourth-order valence-electron chi connectivity index (χ4n) is 3.47. The van der Waals surface area contributed by atoms with Crippen LogP contribution in [0.25, 0.3) is 0 Å². The molecule has 0 radical (unpaired) electrons. The Morgan fingerprint density at radius 3 is 2.74 bits per heavy atom. The van der Waals surface area contributed by atoms with Crippen LogP contribution in [0.3, 0.4) is 0 Å². The Morgan fingerprint density at radius 1 is 1.37 bits per heavy atom. The molecule has 2 unspecified atom stereocenters. The lowest BCUT2D eigenvalue weighted by molar-refractivity contribution is 0.0998. The van der Waals surface area contributed by atoms with Gasteiger partial charge in [0, 0.05) is 16.1 Å². The quantitative estimate of drug-likeness (QED) is 0.817. The fraction of sp³-hybridized carbons (Fsp3) is 0.625. The Kier molecular flexibility index (Phi) is 4.67. The second-order valence-electron chi connectivity index (χ2n) is 6.27. The van der Waals surface area contributed by atoms with Gasteiger partial charge in [-0.1, -0.05) is 42.6 Å². The van der Waals surface area contributed by atoms with Crippen LogP contribution < -0.4 is 5.32 Å². The van der Waals surface area contributed by atoms with Crippen molar-refractivity contribution in [1.29, 1.82) is 0 Å². The monoisotopic (exact) mass is 327 g/mol. The van der Waals surface area contributed by atoms with E-state index in [0.717, 1.165) is 10.0 Å². The lowest BCUT2D eigenvalue weighted by atomic mass is 9.65. The molecule has 1 saturated carbocycles. The average molecular weight is 328 g/mol. The van der Waals surface area contributed by atoms with Crippen molar-refractivity contribution in [1.82, 2.24) is 5.32 Å². The van der Waals surface area contributed by atoms with Crippen LogP contribution in [0.1, 0.15) is 51.1 Å². The zero-order valence-electron chi connectivity index (χ0n) is 12.0. The number of halogens is 2. The molecule has 3 heteroatoms. The Hall–Kier alpha value is -0.410. The van der Waals surface area contributed by atoms with E-state index in [1.165, 1.54) is 25.7 Å². The zero-order valence-corrected chi connectivity index (χ0v) is 13.6. The third-order valence-electron chi connectivity index (χ3n) is 4.60. The maximum absolute atomic E-state index is 14.2. The molecule has 0 spiro atoms. The van der Waals surface area contributed by atoms with Crippen molar-refractivity contribution in [2.24, 2.45) is 11.3 Å². The summed E-state index contributed by atoms with van der Waals surface area (Å²) < 4.78 is 15.1. The van der Waals surface area contributed by atoms with Gasteiger partial charge in [-0.05, 0) is 49.4 Å². The van der Waals surface area contributed by atoms with Crippen molar-refractivity contribution in [2.75, 3.05) is 7.05 Å². The largest absolute Gasteiger partial charge is 0.313 e. The van der Waals surface area contributed by atoms with Crippen LogP contribution in [0.5, 0.6) is 0 Å². The van der Waals surface area contributed by atoms with E-state index in [4.69, 9.17) is 0 Å². The van der Waals surface area contributed by atoms with Crippen LogP contribution in [0.15, 0.2) is 22.7 Å². The molecule has 0 aliphatic heterocycles. The van der Waals surface area contributed by atoms with Crippen molar-refractivity contribution in [3.63, 3.8) is 0 Å². The third kappa shape index (κ3) is 3.19. The van der Waals surface area contributed by atoms with E-state index in [0.29, 0.717) is 5.92 Å². The first kappa shape index (κ1) is 15.0. The molecule has 1 aromatic carbocycles. The number of rotatable bonds is 3. The van der Waals surface area contributed by atoms with Crippen molar-refractivity contribution in [2.45, 2.75) is 45.6 Å². The predicted octanol–water partition coefficient (Wildman–Crippen LogP) is 5.07. The lowest BCUT2D eigenvalue weighted by Gasteiger charge is -2.43. The SMILES string of the molecule is CNC(c1cc(Br)ccc1F)C1CCCCC1(C)C. The topological polar surface area (TPSA) is 12.0 Å². The van der Waals surface area contributed by atoms with E-state index in [9.17, 15) is 4.39 Å². The maximum atomic E-state index is 14.2. The van der Waals surface area contributed by atoms with Crippen molar-refractivity contribution in [3.05, 3.63) is 34.1 Å². The molecule has 2 rings (SSSR count). The Morgan fingerprint density at radius 2 is 2.11 bits per heavy atom. The maximum Gasteiger partial charge on any atom is 0.128 e. The minimum absolute atomic E-state index is 0.0906. The molecule has 1 N–H and O–H groups in total. The molecule has 0 saturated heterocycles. The number of hydrogen-bond acceptors (Lipinski definition) is 1. The first-order chi connectivity index (χ1) is 8.95. The molecule has 2 atom stereocenters. The van der Waals surface area contributed by atoms with E-state index in [-0.39, 0.29) is 17.3 Å². The molecule has 1 aromatic rings. The lowest BCUT2D eigenvalue weighted by Crippen LogP contribution is -2.38. The van der Waals surface area contributed by atoms with Gasteiger partial charge in [-0.15, -0.1) is 0 Å². The highest BCUT2D eigenvalue weighted by atomic mass is 79.9. The second kappa shape index (κ2) is 5.92. The molecular formula is C16H23BrFN. The van der Waals surface area contributed by atoms with Gasteiger partial charge in [0.05, 0.1) is 0 Å². The summed E-state index contributed by atoms with van der Waals surface area (Å²) in [6.07, 6.45) is 4.94. The molecule has 1 fully saturated rings. The fourth-order valence-corrected chi connectivity index (χ4v) is 3.84. The summed E-state index contributed by atoms with van der Waals surface area (Å²) in [5.74, 6) is 0.374. The van der Waals surface area contributed by atoms with Crippen molar-refractivity contribution >= 4 is 15.9 Å². The molecule has 1 nitrogen and oxygen atoms in total. The van der Waals surface area contributed by atoms with E-state index in [1.807, 2.05) is 13.1 Å². The van der Waals surface area contributed by atoms with Gasteiger partial charge in [0.25, 0.3) is 0 Å². The highest BCUT2D eigenvalue weighted by Gasteiger charge is 2.38. The van der Waals surface area contributed by atoms with Crippen LogP contribution in [-0.2, 0) is 0 Å². The summed E-state index contributed by atoms with van der Waals surface area (Å²) in [6.45, 7) is 4.63. The summed E-state index contributed by atoms with van der Waals surface area (Å²) in [6, 6.07) is 5.33. The van der Waals surface area contributed by atoms with Gasteiger partial charge in [-0.2, -0.15) is 0 Å². The van der Waals surface area contributed by atoms with Gasteiger partial charge in [0.1, 0.15) is 5.82 Å². The summed E-state index contributed by atoms with van der Waals surface area (Å²) in [4.78, 5) is 0. The first-order valence-corrected chi connectivity index (χ1v) is 7.87.